The molecule has 1 aromatic carbocycles. The van der Waals surface area contributed by atoms with Gasteiger partial charge in [-0.2, -0.15) is 8.42 Å². The van der Waals surface area contributed by atoms with Crippen molar-refractivity contribution in [3.63, 3.8) is 0 Å². The summed E-state index contributed by atoms with van der Waals surface area (Å²) in [6.07, 6.45) is 1.65. The second-order valence-corrected chi connectivity index (χ2v) is 5.48. The van der Waals surface area contributed by atoms with Crippen molar-refractivity contribution < 1.29 is 12.6 Å². The van der Waals surface area contributed by atoms with Crippen LogP contribution in [0.4, 0.5) is 5.69 Å². The van der Waals surface area contributed by atoms with Crippen LogP contribution in [0.1, 0.15) is 5.56 Å². The molecule has 0 aliphatic carbocycles. The molecule has 1 rings (SSSR count). The molecule has 0 aromatic heterocycles. The van der Waals surface area contributed by atoms with E-state index in [0.717, 1.165) is 17.5 Å². The monoisotopic (exact) mass is 243 g/mol. The molecule has 0 saturated heterocycles. The number of anilines is 1. The maximum Gasteiger partial charge on any atom is 0.264 e. The summed E-state index contributed by atoms with van der Waals surface area (Å²) in [5.74, 6) is 0. The van der Waals surface area contributed by atoms with Crippen LogP contribution < -0.4 is 4.90 Å². The lowest BCUT2D eigenvalue weighted by Gasteiger charge is -2.13. The van der Waals surface area contributed by atoms with E-state index in [1.807, 2.05) is 43.3 Å². The minimum atomic E-state index is -3.33. The molecule has 0 aliphatic heterocycles. The van der Waals surface area contributed by atoms with Crippen LogP contribution in [-0.4, -0.2) is 35.4 Å². The van der Waals surface area contributed by atoms with Crippen LogP contribution in [0.2, 0.25) is 0 Å². The van der Waals surface area contributed by atoms with Gasteiger partial charge in [-0.25, -0.2) is 0 Å². The first-order valence-corrected chi connectivity index (χ1v) is 6.81. The van der Waals surface area contributed by atoms with E-state index in [4.69, 9.17) is 4.18 Å². The Morgan fingerprint density at radius 1 is 1.31 bits per heavy atom. The molecule has 1 aromatic rings. The molecular weight excluding hydrogens is 226 g/mol. The lowest BCUT2D eigenvalue weighted by molar-refractivity contribution is 0.326. The van der Waals surface area contributed by atoms with Gasteiger partial charge in [-0.15, -0.1) is 0 Å². The summed E-state index contributed by atoms with van der Waals surface area (Å²) in [7, 11) is 0.598. The predicted octanol–water partition coefficient (Wildman–Crippen LogP) is 1.27. The molecule has 0 unspecified atom stereocenters. The van der Waals surface area contributed by atoms with Crippen molar-refractivity contribution in [3.05, 3.63) is 29.8 Å². The molecule has 0 saturated carbocycles. The zero-order valence-corrected chi connectivity index (χ0v) is 10.6. The Kier molecular flexibility index (Phi) is 4.32. The number of rotatable bonds is 5. The Hall–Kier alpha value is -1.07. The van der Waals surface area contributed by atoms with E-state index in [-0.39, 0.29) is 6.61 Å². The van der Waals surface area contributed by atoms with E-state index in [0.29, 0.717) is 6.42 Å². The predicted molar refractivity (Wildman–Crippen MR) is 65.3 cm³/mol. The molecule has 0 fully saturated rings. The number of benzene rings is 1. The van der Waals surface area contributed by atoms with E-state index in [1.165, 1.54) is 0 Å². The number of hydrogen-bond donors (Lipinski definition) is 0. The van der Waals surface area contributed by atoms with Crippen molar-refractivity contribution in [3.8, 4) is 0 Å². The first kappa shape index (κ1) is 13.0. The maximum absolute atomic E-state index is 10.8. The van der Waals surface area contributed by atoms with Gasteiger partial charge in [0.2, 0.25) is 0 Å². The van der Waals surface area contributed by atoms with Crippen LogP contribution in [-0.2, 0) is 20.7 Å². The highest BCUT2D eigenvalue weighted by Crippen LogP contribution is 2.13. The summed E-state index contributed by atoms with van der Waals surface area (Å²) < 4.78 is 26.2. The lowest BCUT2D eigenvalue weighted by Crippen LogP contribution is -2.09. The van der Waals surface area contributed by atoms with Crippen LogP contribution in [0, 0.1) is 0 Å². The van der Waals surface area contributed by atoms with Gasteiger partial charge in [0, 0.05) is 19.8 Å². The van der Waals surface area contributed by atoms with Crippen LogP contribution in [0.15, 0.2) is 24.3 Å². The molecule has 90 valence electrons. The van der Waals surface area contributed by atoms with Gasteiger partial charge in [-0.3, -0.25) is 4.18 Å². The Labute approximate surface area is 97.0 Å². The van der Waals surface area contributed by atoms with Gasteiger partial charge in [0.25, 0.3) is 10.1 Å². The molecule has 0 spiro atoms. The Morgan fingerprint density at radius 3 is 2.56 bits per heavy atom. The second-order valence-electron chi connectivity index (χ2n) is 3.84. The van der Waals surface area contributed by atoms with Crippen molar-refractivity contribution in [2.45, 2.75) is 6.42 Å². The van der Waals surface area contributed by atoms with E-state index < -0.39 is 10.1 Å². The molecule has 0 radical (unpaired) electrons. The average molecular weight is 243 g/mol. The zero-order chi connectivity index (χ0) is 12.2. The van der Waals surface area contributed by atoms with E-state index in [9.17, 15) is 8.42 Å². The first-order valence-electron chi connectivity index (χ1n) is 4.99. The third-order valence-corrected chi connectivity index (χ3v) is 2.71. The fourth-order valence-electron chi connectivity index (χ4n) is 1.30. The van der Waals surface area contributed by atoms with E-state index in [1.54, 1.807) is 0 Å². The van der Waals surface area contributed by atoms with E-state index >= 15 is 0 Å². The summed E-state index contributed by atoms with van der Waals surface area (Å²) in [6.45, 7) is 0.190. The molecule has 0 amide bonds. The SMILES string of the molecule is CN(C)c1cccc(CCOS(C)(=O)=O)c1. The fourth-order valence-corrected chi connectivity index (χ4v) is 1.69. The zero-order valence-electron chi connectivity index (χ0n) is 9.80. The summed E-state index contributed by atoms with van der Waals surface area (Å²) in [6, 6.07) is 7.93. The Balaban J connectivity index is 2.58. The standard InChI is InChI=1S/C11H17NO3S/c1-12(2)11-6-4-5-10(9-11)7-8-15-16(3,13)14/h4-6,9H,7-8H2,1-3H3. The normalized spacial score (nSPS) is 11.4. The molecule has 0 aliphatic rings. The quantitative estimate of drug-likeness (QED) is 0.731. The molecule has 5 heteroatoms. The van der Waals surface area contributed by atoms with Gasteiger partial charge in [0.1, 0.15) is 0 Å². The third kappa shape index (κ3) is 4.63. The second kappa shape index (κ2) is 5.32. The molecular formula is C11H17NO3S. The Bertz CT molecular complexity index is 440. The van der Waals surface area contributed by atoms with Gasteiger partial charge in [-0.1, -0.05) is 12.1 Å². The summed E-state index contributed by atoms with van der Waals surface area (Å²) in [4.78, 5) is 2.00. The fraction of sp³-hybridized carbons (Fsp3) is 0.455. The van der Waals surface area contributed by atoms with Gasteiger partial charge >= 0.3 is 0 Å². The van der Waals surface area contributed by atoms with Crippen molar-refractivity contribution >= 4 is 15.8 Å². The molecule has 0 bridgehead atoms. The Morgan fingerprint density at radius 2 is 2.00 bits per heavy atom. The van der Waals surface area contributed by atoms with Crippen LogP contribution in [0.3, 0.4) is 0 Å². The molecule has 0 atom stereocenters. The number of hydrogen-bond acceptors (Lipinski definition) is 4. The van der Waals surface area contributed by atoms with Gasteiger partial charge in [0.05, 0.1) is 12.9 Å². The van der Waals surface area contributed by atoms with Gasteiger partial charge < -0.3 is 4.90 Å². The highest BCUT2D eigenvalue weighted by atomic mass is 32.2. The minimum absolute atomic E-state index is 0.190. The molecule has 0 heterocycles. The molecule has 4 nitrogen and oxygen atoms in total. The van der Waals surface area contributed by atoms with Crippen molar-refractivity contribution in [1.29, 1.82) is 0 Å². The summed E-state index contributed by atoms with van der Waals surface area (Å²) in [5.41, 5.74) is 2.16. The average Bonchev–Trinajstić information content (AvgIpc) is 2.16. The van der Waals surface area contributed by atoms with Crippen LogP contribution in [0.25, 0.3) is 0 Å². The van der Waals surface area contributed by atoms with Crippen molar-refractivity contribution in [1.82, 2.24) is 0 Å². The maximum atomic E-state index is 10.8. The number of nitrogens with zero attached hydrogens (tertiary/aromatic N) is 1. The van der Waals surface area contributed by atoms with Gasteiger partial charge in [-0.05, 0) is 24.1 Å². The first-order chi connectivity index (χ1) is 7.38. The smallest absolute Gasteiger partial charge is 0.264 e. The summed E-state index contributed by atoms with van der Waals surface area (Å²) >= 11 is 0. The van der Waals surface area contributed by atoms with E-state index in [2.05, 4.69) is 0 Å². The molecule has 16 heavy (non-hydrogen) atoms. The van der Waals surface area contributed by atoms with Crippen LogP contribution in [0.5, 0.6) is 0 Å². The topological polar surface area (TPSA) is 46.6 Å². The highest BCUT2D eigenvalue weighted by molar-refractivity contribution is 7.85. The highest BCUT2D eigenvalue weighted by Gasteiger charge is 2.02. The van der Waals surface area contributed by atoms with Crippen LogP contribution >= 0.6 is 0 Å². The lowest BCUT2D eigenvalue weighted by atomic mass is 10.1. The largest absolute Gasteiger partial charge is 0.378 e. The van der Waals surface area contributed by atoms with Crippen molar-refractivity contribution in [2.75, 3.05) is 31.9 Å². The minimum Gasteiger partial charge on any atom is -0.378 e. The summed E-state index contributed by atoms with van der Waals surface area (Å²) in [5, 5.41) is 0. The van der Waals surface area contributed by atoms with Gasteiger partial charge in [0.15, 0.2) is 0 Å². The third-order valence-electron chi connectivity index (χ3n) is 2.12. The van der Waals surface area contributed by atoms with Crippen molar-refractivity contribution in [2.24, 2.45) is 0 Å². The molecule has 0 N–H and O–H groups in total.